The van der Waals surface area contributed by atoms with E-state index in [-0.39, 0.29) is 11.6 Å². The SMILES string of the molecule is CCCCCCSC1=C(SCCCCCC)SC(=c2c3ccccc3c(=C3Sc4cc5c(cc4S3)C(=O)c3ccccc3C5=O)c3ccccc23)S1. The molecule has 0 spiro atoms. The van der Waals surface area contributed by atoms with E-state index in [1.807, 2.05) is 47.8 Å². The largest absolute Gasteiger partial charge is 0.289 e. The predicted octanol–water partition coefficient (Wildman–Crippen LogP) is 13.0. The van der Waals surface area contributed by atoms with Gasteiger partial charge in [0.25, 0.3) is 0 Å². The number of unbranched alkanes of at least 4 members (excludes halogenated alkanes) is 6. The zero-order valence-corrected chi connectivity index (χ0v) is 34.3. The zero-order valence-electron chi connectivity index (χ0n) is 29.4. The Morgan fingerprint density at radius 3 is 1.25 bits per heavy atom. The van der Waals surface area contributed by atoms with Crippen molar-refractivity contribution < 1.29 is 9.59 Å². The molecule has 0 saturated carbocycles. The normalized spacial score (nSPS) is 15.3. The van der Waals surface area contributed by atoms with Gasteiger partial charge in [-0.1, -0.05) is 172 Å². The van der Waals surface area contributed by atoms with Crippen molar-refractivity contribution in [2.45, 2.75) is 75.0 Å². The molecule has 0 radical (unpaired) electrons. The van der Waals surface area contributed by atoms with Gasteiger partial charge in [-0.05, 0) is 58.0 Å². The predicted molar refractivity (Wildman–Crippen MR) is 234 cm³/mol. The van der Waals surface area contributed by atoms with Crippen LogP contribution in [0.3, 0.4) is 0 Å². The Kier molecular flexibility index (Phi) is 11.6. The van der Waals surface area contributed by atoms with Gasteiger partial charge in [0.2, 0.25) is 0 Å². The van der Waals surface area contributed by atoms with Crippen LogP contribution < -0.4 is 10.4 Å². The number of fused-ring (bicyclic) bond motifs is 5. The van der Waals surface area contributed by atoms with Crippen molar-refractivity contribution in [1.29, 1.82) is 0 Å². The van der Waals surface area contributed by atoms with Gasteiger partial charge in [0.15, 0.2) is 11.6 Å². The van der Waals surface area contributed by atoms with Crippen molar-refractivity contribution in [3.63, 3.8) is 0 Å². The minimum absolute atomic E-state index is 0.0681. The summed E-state index contributed by atoms with van der Waals surface area (Å²) < 4.78 is 5.54. The van der Waals surface area contributed by atoms with Crippen LogP contribution in [0.1, 0.15) is 97.1 Å². The van der Waals surface area contributed by atoms with Crippen LogP contribution in [0.4, 0.5) is 0 Å². The first-order chi connectivity index (χ1) is 25.6. The second-order valence-corrected chi connectivity index (χ2v) is 20.7. The van der Waals surface area contributed by atoms with Gasteiger partial charge in [0.1, 0.15) is 0 Å². The standard InChI is InChI=1S/C44H40O2S6/c1-3-5-7-15-23-47-43-44(48-24-16-8-6-4-2)52-42(51-43)38-29-19-11-9-17-27(29)37(28-18-10-12-20-30(28)38)41-49-35-25-33-34(26-36(35)50-41)40(46)32-22-14-13-21-31(32)39(33)45/h9-14,17-22,25-26H,3-8,15-16,23-24H2,1-2H3. The average Bonchev–Trinajstić information content (AvgIpc) is 3.78. The highest BCUT2D eigenvalue weighted by atomic mass is 32.3. The molecule has 1 aliphatic carbocycles. The third-order valence-corrected chi connectivity index (χ3v) is 18.0. The summed E-state index contributed by atoms with van der Waals surface area (Å²) in [4.78, 5) is 29.2. The Morgan fingerprint density at radius 1 is 0.462 bits per heavy atom. The van der Waals surface area contributed by atoms with E-state index in [9.17, 15) is 9.59 Å². The number of hydrogen-bond donors (Lipinski definition) is 0. The Balaban J connectivity index is 1.22. The number of ketones is 2. The Hall–Kier alpha value is -2.46. The number of thioether (sulfide) groups is 6. The molecule has 0 aromatic heterocycles. The molecule has 2 heterocycles. The molecule has 2 aliphatic heterocycles. The van der Waals surface area contributed by atoms with Crippen LogP contribution in [0, 0.1) is 0 Å². The van der Waals surface area contributed by atoms with Gasteiger partial charge in [0.05, 0.1) is 16.9 Å². The summed E-state index contributed by atoms with van der Waals surface area (Å²) >= 11 is 11.6. The monoisotopic (exact) mass is 792 g/mol. The number of rotatable bonds is 12. The smallest absolute Gasteiger partial charge is 0.194 e. The first-order valence-electron chi connectivity index (χ1n) is 18.3. The third-order valence-electron chi connectivity index (χ3n) is 9.73. The molecule has 0 bridgehead atoms. The Morgan fingerprint density at radius 2 is 0.846 bits per heavy atom. The molecule has 0 atom stereocenters. The van der Waals surface area contributed by atoms with Crippen LogP contribution in [0.5, 0.6) is 0 Å². The molecule has 0 fully saturated rings. The average molecular weight is 793 g/mol. The highest BCUT2D eigenvalue weighted by Gasteiger charge is 2.33. The number of benzene rings is 5. The summed E-state index contributed by atoms with van der Waals surface area (Å²) in [5.41, 5.74) is 2.02. The number of carbonyl (C=O) groups excluding carboxylic acids is 2. The fourth-order valence-corrected chi connectivity index (χ4v) is 15.9. The van der Waals surface area contributed by atoms with E-state index in [0.29, 0.717) is 22.3 Å². The summed E-state index contributed by atoms with van der Waals surface area (Å²) in [6, 6.07) is 28.9. The lowest BCUT2D eigenvalue weighted by atomic mass is 9.84. The van der Waals surface area contributed by atoms with Gasteiger partial charge in [0, 0.05) is 42.5 Å². The van der Waals surface area contributed by atoms with E-state index in [4.69, 9.17) is 0 Å². The summed E-state index contributed by atoms with van der Waals surface area (Å²) in [5, 5.41) is 7.61. The Bertz CT molecular complexity index is 2240. The topological polar surface area (TPSA) is 34.1 Å². The molecule has 52 heavy (non-hydrogen) atoms. The zero-order chi connectivity index (χ0) is 35.6. The van der Waals surface area contributed by atoms with E-state index >= 15 is 0 Å². The maximum Gasteiger partial charge on any atom is 0.194 e. The van der Waals surface area contributed by atoms with Crippen molar-refractivity contribution >= 4 is 112 Å². The van der Waals surface area contributed by atoms with E-state index in [1.54, 1.807) is 35.7 Å². The number of carbonyl (C=O) groups is 2. The highest BCUT2D eigenvalue weighted by Crippen LogP contribution is 2.58. The fraction of sp³-hybridized carbons (Fsp3) is 0.273. The molecule has 0 N–H and O–H groups in total. The highest BCUT2D eigenvalue weighted by molar-refractivity contribution is 8.45. The molecule has 0 saturated heterocycles. The van der Waals surface area contributed by atoms with Crippen molar-refractivity contribution in [3.05, 3.63) is 126 Å². The molecule has 8 heteroatoms. The maximum absolute atomic E-state index is 13.6. The van der Waals surface area contributed by atoms with Crippen LogP contribution in [0.2, 0.25) is 0 Å². The van der Waals surface area contributed by atoms with Crippen LogP contribution in [0.25, 0.3) is 30.0 Å². The van der Waals surface area contributed by atoms with Gasteiger partial charge < -0.3 is 0 Å². The first-order valence-corrected chi connectivity index (χ1v) is 23.6. The van der Waals surface area contributed by atoms with Gasteiger partial charge in [-0.3, -0.25) is 9.59 Å². The second kappa shape index (κ2) is 16.5. The van der Waals surface area contributed by atoms with Crippen LogP contribution in [-0.2, 0) is 0 Å². The van der Waals surface area contributed by atoms with Gasteiger partial charge in [-0.15, -0.1) is 23.5 Å². The van der Waals surface area contributed by atoms with Crippen molar-refractivity contribution in [2.75, 3.05) is 11.5 Å². The van der Waals surface area contributed by atoms with E-state index < -0.39 is 0 Å². The van der Waals surface area contributed by atoms with Crippen LogP contribution in [-0.4, -0.2) is 23.1 Å². The molecule has 0 unspecified atom stereocenters. The van der Waals surface area contributed by atoms with Crippen LogP contribution in [0.15, 0.2) is 103 Å². The summed E-state index contributed by atoms with van der Waals surface area (Å²) in [6.07, 6.45) is 10.3. The lowest BCUT2D eigenvalue weighted by molar-refractivity contribution is 0.0978. The first kappa shape index (κ1) is 36.5. The molecule has 3 aliphatic rings. The summed E-state index contributed by atoms with van der Waals surface area (Å²) in [6.45, 7) is 4.57. The van der Waals surface area contributed by atoms with Crippen molar-refractivity contribution in [2.24, 2.45) is 0 Å². The van der Waals surface area contributed by atoms with Crippen LogP contribution >= 0.6 is 70.6 Å². The van der Waals surface area contributed by atoms with E-state index in [2.05, 4.69) is 85.9 Å². The fourth-order valence-electron chi connectivity index (χ4n) is 7.09. The molecule has 2 nitrogen and oxygen atoms in total. The second-order valence-electron chi connectivity index (χ2n) is 13.3. The van der Waals surface area contributed by atoms with E-state index in [1.165, 1.54) is 112 Å². The van der Waals surface area contributed by atoms with Gasteiger partial charge in [-0.2, -0.15) is 0 Å². The minimum Gasteiger partial charge on any atom is -0.289 e. The molecule has 8 rings (SSSR count). The molecular formula is C44H40O2S6. The Labute approximate surface area is 331 Å². The van der Waals surface area contributed by atoms with Gasteiger partial charge >= 0.3 is 0 Å². The van der Waals surface area contributed by atoms with E-state index in [0.717, 1.165) is 9.79 Å². The minimum atomic E-state index is -0.0681. The summed E-state index contributed by atoms with van der Waals surface area (Å²) in [7, 11) is 0. The third kappa shape index (κ3) is 7.09. The lowest BCUT2D eigenvalue weighted by Crippen LogP contribution is -2.20. The molecule has 0 amide bonds. The lowest BCUT2D eigenvalue weighted by Gasteiger charge is -2.17. The number of hydrogen-bond acceptors (Lipinski definition) is 8. The molecular weight excluding hydrogens is 753 g/mol. The quantitative estimate of drug-likeness (QED) is 0.0895. The summed E-state index contributed by atoms with van der Waals surface area (Å²) in [5.74, 6) is 2.22. The molecule has 264 valence electrons. The molecule has 5 aromatic carbocycles. The maximum atomic E-state index is 13.6. The van der Waals surface area contributed by atoms with Gasteiger partial charge in [-0.25, -0.2) is 0 Å². The van der Waals surface area contributed by atoms with Crippen molar-refractivity contribution in [1.82, 2.24) is 0 Å². The molecule has 5 aromatic rings. The van der Waals surface area contributed by atoms with Crippen molar-refractivity contribution in [3.8, 4) is 0 Å².